The zero-order valence-electron chi connectivity index (χ0n) is 21.0. The van der Waals surface area contributed by atoms with Crippen LogP contribution >= 0.6 is 11.3 Å². The summed E-state index contributed by atoms with van der Waals surface area (Å²) >= 11 is 1.57. The van der Waals surface area contributed by atoms with Crippen molar-refractivity contribution in [2.24, 2.45) is 5.92 Å². The number of aromatic nitrogens is 4. The van der Waals surface area contributed by atoms with Gasteiger partial charge < -0.3 is 15.3 Å². The number of alkyl halides is 1. The highest BCUT2D eigenvalue weighted by molar-refractivity contribution is 7.13. The second-order valence-corrected chi connectivity index (χ2v) is 10.5. The number of likely N-dealkylation sites (tertiary alicyclic amines) is 1. The summed E-state index contributed by atoms with van der Waals surface area (Å²) in [6.07, 6.45) is 0.452. The quantitative estimate of drug-likeness (QED) is 0.501. The van der Waals surface area contributed by atoms with E-state index in [4.69, 9.17) is 0 Å². The molecule has 11 heteroatoms. The molecule has 2 aromatic heterocycles. The minimum Gasteiger partial charge on any atom is -0.391 e. The number of hydrogen-bond acceptors (Lipinski definition) is 7. The number of rotatable bonds is 7. The van der Waals surface area contributed by atoms with Gasteiger partial charge in [-0.25, -0.2) is 14.1 Å². The van der Waals surface area contributed by atoms with E-state index in [1.165, 1.54) is 6.20 Å². The Morgan fingerprint density at radius 2 is 1.92 bits per heavy atom. The third kappa shape index (κ3) is 4.77. The Kier molecular flexibility index (Phi) is 7.24. The molecular weight excluding hydrogens is 483 g/mol. The van der Waals surface area contributed by atoms with E-state index in [0.29, 0.717) is 5.69 Å². The first-order valence-electron chi connectivity index (χ1n) is 11.9. The number of halogens is 1. The van der Waals surface area contributed by atoms with Crippen molar-refractivity contribution in [2.45, 2.75) is 65.0 Å². The minimum absolute atomic E-state index is 0.0262. The molecule has 0 aliphatic carbocycles. The second-order valence-electron chi connectivity index (χ2n) is 9.61. The van der Waals surface area contributed by atoms with Crippen molar-refractivity contribution in [1.82, 2.24) is 30.2 Å². The SMILES string of the molecule is Cc1cn(C(F)(C(=O)N2C[C@H](O)C[C@H]2C(=O)N[C@@H](C)c2ccc(-c3scnc3C)cc2)C(C)C)nn1. The number of β-amino-alcohol motifs (C(OH)–C–C–N with tert-alkyl or cyclic N) is 1. The first kappa shape index (κ1) is 25.9. The van der Waals surface area contributed by atoms with Crippen LogP contribution in [-0.4, -0.2) is 60.5 Å². The van der Waals surface area contributed by atoms with Gasteiger partial charge in [-0.3, -0.25) is 9.59 Å². The van der Waals surface area contributed by atoms with E-state index in [1.54, 1.807) is 37.6 Å². The number of amides is 2. The van der Waals surface area contributed by atoms with Gasteiger partial charge in [0.1, 0.15) is 6.04 Å². The molecule has 9 nitrogen and oxygen atoms in total. The van der Waals surface area contributed by atoms with Crippen LogP contribution in [-0.2, 0) is 15.4 Å². The molecule has 3 aromatic rings. The molecule has 4 rings (SSSR count). The van der Waals surface area contributed by atoms with E-state index in [0.717, 1.165) is 31.3 Å². The molecule has 4 atom stereocenters. The van der Waals surface area contributed by atoms with Gasteiger partial charge in [0.2, 0.25) is 5.91 Å². The maximum atomic E-state index is 16.2. The molecule has 1 unspecified atom stereocenters. The Bertz CT molecular complexity index is 1240. The topological polar surface area (TPSA) is 113 Å². The van der Waals surface area contributed by atoms with Crippen molar-refractivity contribution in [3.8, 4) is 10.4 Å². The van der Waals surface area contributed by atoms with E-state index < -0.39 is 35.7 Å². The Balaban J connectivity index is 1.51. The Morgan fingerprint density at radius 3 is 2.47 bits per heavy atom. The summed E-state index contributed by atoms with van der Waals surface area (Å²) in [5.41, 5.74) is 5.16. The average molecular weight is 515 g/mol. The van der Waals surface area contributed by atoms with Crippen LogP contribution in [0.1, 0.15) is 50.2 Å². The number of carbonyl (C=O) groups is 2. The number of hydrogen-bond donors (Lipinski definition) is 2. The fraction of sp³-hybridized carbons (Fsp3) is 0.480. The maximum absolute atomic E-state index is 16.2. The van der Waals surface area contributed by atoms with Gasteiger partial charge in [-0.15, -0.1) is 16.4 Å². The van der Waals surface area contributed by atoms with Gasteiger partial charge in [0.25, 0.3) is 11.7 Å². The lowest BCUT2D eigenvalue weighted by atomic mass is 9.99. The fourth-order valence-electron chi connectivity index (χ4n) is 4.50. The number of nitrogens with zero attached hydrogens (tertiary/aromatic N) is 5. The highest BCUT2D eigenvalue weighted by Crippen LogP contribution is 2.34. The van der Waals surface area contributed by atoms with Crippen LogP contribution in [0.2, 0.25) is 0 Å². The number of aryl methyl sites for hydroxylation is 2. The molecule has 1 aliphatic rings. The van der Waals surface area contributed by atoms with E-state index in [9.17, 15) is 14.7 Å². The lowest BCUT2D eigenvalue weighted by molar-refractivity contribution is -0.161. The van der Waals surface area contributed by atoms with Crippen LogP contribution in [0.4, 0.5) is 4.39 Å². The van der Waals surface area contributed by atoms with Crippen LogP contribution < -0.4 is 5.32 Å². The number of aliphatic hydroxyl groups is 1. The molecule has 2 N–H and O–H groups in total. The van der Waals surface area contributed by atoms with E-state index >= 15 is 4.39 Å². The Hall–Kier alpha value is -3.18. The van der Waals surface area contributed by atoms with Crippen LogP contribution in [0.3, 0.4) is 0 Å². The van der Waals surface area contributed by atoms with Crippen LogP contribution in [0.5, 0.6) is 0 Å². The van der Waals surface area contributed by atoms with Crippen molar-refractivity contribution in [2.75, 3.05) is 6.54 Å². The molecule has 192 valence electrons. The monoisotopic (exact) mass is 514 g/mol. The average Bonchev–Trinajstić information content (AvgIpc) is 3.57. The third-order valence-corrected chi connectivity index (χ3v) is 7.60. The van der Waals surface area contributed by atoms with E-state index in [1.807, 2.05) is 38.1 Å². The van der Waals surface area contributed by atoms with Gasteiger partial charge in [0.15, 0.2) is 0 Å². The number of nitrogens with one attached hydrogen (secondary N) is 1. The van der Waals surface area contributed by atoms with Crippen molar-refractivity contribution < 1.29 is 19.1 Å². The first-order valence-corrected chi connectivity index (χ1v) is 12.8. The summed E-state index contributed by atoms with van der Waals surface area (Å²) in [4.78, 5) is 33.2. The molecule has 3 heterocycles. The molecule has 1 aliphatic heterocycles. The largest absolute Gasteiger partial charge is 0.391 e. The molecule has 1 fully saturated rings. The fourth-order valence-corrected chi connectivity index (χ4v) is 5.31. The minimum atomic E-state index is -2.54. The van der Waals surface area contributed by atoms with Gasteiger partial charge >= 0.3 is 0 Å². The predicted molar refractivity (Wildman–Crippen MR) is 134 cm³/mol. The molecule has 1 saturated heterocycles. The van der Waals surface area contributed by atoms with Crippen LogP contribution in [0, 0.1) is 19.8 Å². The van der Waals surface area contributed by atoms with Crippen molar-refractivity contribution in [3.63, 3.8) is 0 Å². The molecule has 0 bridgehead atoms. The van der Waals surface area contributed by atoms with Crippen molar-refractivity contribution in [3.05, 3.63) is 52.9 Å². The summed E-state index contributed by atoms with van der Waals surface area (Å²) < 4.78 is 17.1. The lowest BCUT2D eigenvalue weighted by Crippen LogP contribution is -2.55. The molecule has 2 amide bonds. The van der Waals surface area contributed by atoms with Crippen molar-refractivity contribution >= 4 is 23.2 Å². The number of carbonyl (C=O) groups excluding carboxylic acids is 2. The lowest BCUT2D eigenvalue weighted by Gasteiger charge is -2.34. The van der Waals surface area contributed by atoms with Crippen LogP contribution in [0.25, 0.3) is 10.4 Å². The van der Waals surface area contributed by atoms with Gasteiger partial charge in [-0.1, -0.05) is 43.3 Å². The van der Waals surface area contributed by atoms with E-state index in [-0.39, 0.29) is 19.0 Å². The molecular formula is C25H31FN6O3S. The molecule has 36 heavy (non-hydrogen) atoms. The Morgan fingerprint density at radius 1 is 1.22 bits per heavy atom. The summed E-state index contributed by atoms with van der Waals surface area (Å²) in [5, 5.41) is 20.8. The number of thiazole rings is 1. The molecule has 0 saturated carbocycles. The predicted octanol–water partition coefficient (Wildman–Crippen LogP) is 3.14. The molecule has 1 aromatic carbocycles. The van der Waals surface area contributed by atoms with Gasteiger partial charge in [-0.05, 0) is 31.9 Å². The second kappa shape index (κ2) is 10.1. The van der Waals surface area contributed by atoms with E-state index in [2.05, 4.69) is 20.6 Å². The zero-order chi connectivity index (χ0) is 26.2. The summed E-state index contributed by atoms with van der Waals surface area (Å²) in [5.74, 6) is -4.70. The third-order valence-electron chi connectivity index (χ3n) is 6.63. The molecule has 0 spiro atoms. The maximum Gasteiger partial charge on any atom is 0.284 e. The molecule has 0 radical (unpaired) electrons. The highest BCUT2D eigenvalue weighted by atomic mass is 32.1. The highest BCUT2D eigenvalue weighted by Gasteiger charge is 2.52. The van der Waals surface area contributed by atoms with Gasteiger partial charge in [0.05, 0.1) is 40.1 Å². The summed E-state index contributed by atoms with van der Waals surface area (Å²) in [6.45, 7) is 8.44. The number of benzene rings is 1. The van der Waals surface area contributed by atoms with Gasteiger partial charge in [0, 0.05) is 18.9 Å². The smallest absolute Gasteiger partial charge is 0.284 e. The van der Waals surface area contributed by atoms with Gasteiger partial charge in [-0.2, -0.15) is 0 Å². The first-order chi connectivity index (χ1) is 17.0. The Labute approximate surface area is 213 Å². The number of aliphatic hydroxyl groups excluding tert-OH is 1. The zero-order valence-corrected chi connectivity index (χ0v) is 21.8. The van der Waals surface area contributed by atoms with Crippen LogP contribution in [0.15, 0.2) is 36.0 Å². The van der Waals surface area contributed by atoms with Crippen molar-refractivity contribution in [1.29, 1.82) is 0 Å². The summed E-state index contributed by atoms with van der Waals surface area (Å²) in [6, 6.07) is 6.46. The summed E-state index contributed by atoms with van der Waals surface area (Å²) in [7, 11) is 0. The standard InChI is InChI=1S/C25H31FN6O3S/c1-14(2)25(26,32-11-15(3)29-30-32)24(35)31-12-20(33)10-21(31)23(34)28-16(4)18-6-8-19(9-7-18)22-17(5)27-13-36-22/h6-9,11,13-14,16,20-21,33H,10,12H2,1-5H3,(H,28,34)/t16-,20+,21-,25?/m0/s1. The normalized spacial score (nSPS) is 20.4.